The van der Waals surface area contributed by atoms with E-state index in [1.165, 1.54) is 18.4 Å². The van der Waals surface area contributed by atoms with Crippen molar-refractivity contribution in [1.82, 2.24) is 0 Å². The lowest BCUT2D eigenvalue weighted by Gasteiger charge is -2.32. The van der Waals surface area contributed by atoms with E-state index in [0.29, 0.717) is 24.0 Å². The predicted molar refractivity (Wildman–Crippen MR) is 77.9 cm³/mol. The average Bonchev–Trinajstić information content (AvgIpc) is 2.87. The third kappa shape index (κ3) is 2.32. The molecule has 0 unspecified atom stereocenters. The van der Waals surface area contributed by atoms with E-state index in [0.717, 1.165) is 18.4 Å². The van der Waals surface area contributed by atoms with Gasteiger partial charge in [0, 0.05) is 17.5 Å². The van der Waals surface area contributed by atoms with Crippen molar-refractivity contribution < 1.29 is 9.84 Å². The van der Waals surface area contributed by atoms with Crippen molar-refractivity contribution in [2.75, 3.05) is 13.7 Å². The summed E-state index contributed by atoms with van der Waals surface area (Å²) in [6, 6.07) is 3.93. The Morgan fingerprint density at radius 2 is 1.95 bits per heavy atom. The Morgan fingerprint density at radius 1 is 1.32 bits per heavy atom. The fourth-order valence-electron chi connectivity index (χ4n) is 3.40. The van der Waals surface area contributed by atoms with Crippen LogP contribution in [-0.4, -0.2) is 18.8 Å². The molecule has 1 aromatic carbocycles. The van der Waals surface area contributed by atoms with Crippen LogP contribution < -0.4 is 10.5 Å². The van der Waals surface area contributed by atoms with Gasteiger partial charge in [-0.3, -0.25) is 0 Å². The van der Waals surface area contributed by atoms with Gasteiger partial charge in [0.25, 0.3) is 0 Å². The van der Waals surface area contributed by atoms with Gasteiger partial charge >= 0.3 is 0 Å². The molecule has 3 nitrogen and oxygen atoms in total. The maximum absolute atomic E-state index is 10.6. The minimum atomic E-state index is -0.0712. The van der Waals surface area contributed by atoms with E-state index in [1.807, 2.05) is 6.07 Å². The van der Waals surface area contributed by atoms with Crippen molar-refractivity contribution in [3.8, 4) is 11.5 Å². The molecule has 0 aromatic heterocycles. The summed E-state index contributed by atoms with van der Waals surface area (Å²) >= 11 is 0. The smallest absolute Gasteiger partial charge is 0.161 e. The Kier molecular flexibility index (Phi) is 4.04. The first-order valence-corrected chi connectivity index (χ1v) is 7.16. The van der Waals surface area contributed by atoms with E-state index in [1.54, 1.807) is 7.11 Å². The Hall–Kier alpha value is -1.22. The Bertz CT molecular complexity index is 448. The molecule has 0 heterocycles. The zero-order valence-corrected chi connectivity index (χ0v) is 12.2. The lowest BCUT2D eigenvalue weighted by molar-refractivity contribution is 0.352. The molecule has 0 aliphatic heterocycles. The van der Waals surface area contributed by atoms with Crippen LogP contribution >= 0.6 is 0 Å². The number of nitrogens with two attached hydrogens (primary N) is 1. The highest BCUT2D eigenvalue weighted by Crippen LogP contribution is 2.49. The van der Waals surface area contributed by atoms with Crippen LogP contribution in [0.3, 0.4) is 0 Å². The van der Waals surface area contributed by atoms with Gasteiger partial charge < -0.3 is 15.6 Å². The SMILES string of the molecule is COc1ccc(C(C)C)c(C2(CN)CCCC2)c1O. The normalized spacial score (nSPS) is 17.9. The summed E-state index contributed by atoms with van der Waals surface area (Å²) in [5.41, 5.74) is 8.24. The summed E-state index contributed by atoms with van der Waals surface area (Å²) in [7, 11) is 1.59. The Morgan fingerprint density at radius 3 is 2.42 bits per heavy atom. The average molecular weight is 263 g/mol. The monoisotopic (exact) mass is 263 g/mol. The van der Waals surface area contributed by atoms with E-state index in [-0.39, 0.29) is 5.41 Å². The van der Waals surface area contributed by atoms with E-state index < -0.39 is 0 Å². The van der Waals surface area contributed by atoms with Gasteiger partial charge in [-0.05, 0) is 30.4 Å². The lowest BCUT2D eigenvalue weighted by atomic mass is 9.74. The maximum atomic E-state index is 10.6. The molecule has 0 radical (unpaired) electrons. The minimum Gasteiger partial charge on any atom is -0.504 e. The fraction of sp³-hybridized carbons (Fsp3) is 0.625. The highest BCUT2D eigenvalue weighted by Gasteiger charge is 2.39. The number of phenols is 1. The summed E-state index contributed by atoms with van der Waals surface area (Å²) in [5, 5.41) is 10.6. The molecule has 106 valence electrons. The fourth-order valence-corrected chi connectivity index (χ4v) is 3.40. The first-order chi connectivity index (χ1) is 9.05. The zero-order valence-electron chi connectivity index (χ0n) is 12.2. The van der Waals surface area contributed by atoms with Gasteiger partial charge in [-0.2, -0.15) is 0 Å². The zero-order chi connectivity index (χ0) is 14.0. The van der Waals surface area contributed by atoms with Gasteiger partial charge in [-0.25, -0.2) is 0 Å². The lowest BCUT2D eigenvalue weighted by Crippen LogP contribution is -2.33. The number of hydrogen-bond acceptors (Lipinski definition) is 3. The molecule has 1 aliphatic rings. The number of benzene rings is 1. The van der Waals surface area contributed by atoms with Crippen molar-refractivity contribution in [3.05, 3.63) is 23.3 Å². The van der Waals surface area contributed by atoms with E-state index in [4.69, 9.17) is 10.5 Å². The van der Waals surface area contributed by atoms with E-state index in [2.05, 4.69) is 19.9 Å². The van der Waals surface area contributed by atoms with E-state index in [9.17, 15) is 5.11 Å². The van der Waals surface area contributed by atoms with Crippen LogP contribution in [0, 0.1) is 0 Å². The minimum absolute atomic E-state index is 0.0712. The van der Waals surface area contributed by atoms with Crippen molar-refractivity contribution in [2.45, 2.75) is 50.9 Å². The largest absolute Gasteiger partial charge is 0.504 e. The highest BCUT2D eigenvalue weighted by atomic mass is 16.5. The van der Waals surface area contributed by atoms with Crippen LogP contribution in [0.4, 0.5) is 0 Å². The van der Waals surface area contributed by atoms with Gasteiger partial charge in [0.15, 0.2) is 11.5 Å². The summed E-state index contributed by atoms with van der Waals surface area (Å²) in [6.45, 7) is 4.90. The van der Waals surface area contributed by atoms with Crippen molar-refractivity contribution in [2.24, 2.45) is 5.73 Å². The first-order valence-electron chi connectivity index (χ1n) is 7.16. The van der Waals surface area contributed by atoms with E-state index >= 15 is 0 Å². The molecule has 1 aliphatic carbocycles. The van der Waals surface area contributed by atoms with Crippen LogP contribution in [-0.2, 0) is 5.41 Å². The third-order valence-electron chi connectivity index (χ3n) is 4.50. The molecule has 2 rings (SSSR count). The molecule has 0 spiro atoms. The number of aromatic hydroxyl groups is 1. The molecule has 0 bridgehead atoms. The maximum Gasteiger partial charge on any atom is 0.161 e. The number of methoxy groups -OCH3 is 1. The van der Waals surface area contributed by atoms with Crippen molar-refractivity contribution in [1.29, 1.82) is 0 Å². The summed E-state index contributed by atoms with van der Waals surface area (Å²) < 4.78 is 5.28. The standard InChI is InChI=1S/C16H25NO2/c1-11(2)12-6-7-13(19-3)15(18)14(12)16(10-17)8-4-5-9-16/h6-7,11,18H,4-5,8-10,17H2,1-3H3. The Balaban J connectivity index is 2.64. The number of ether oxygens (including phenoxy) is 1. The summed E-state index contributed by atoms with van der Waals surface area (Å²) in [6.07, 6.45) is 4.49. The van der Waals surface area contributed by atoms with Crippen LogP contribution in [0.5, 0.6) is 11.5 Å². The topological polar surface area (TPSA) is 55.5 Å². The summed E-state index contributed by atoms with van der Waals surface area (Å²) in [4.78, 5) is 0. The first kappa shape index (κ1) is 14.2. The second-order valence-electron chi connectivity index (χ2n) is 5.93. The molecule has 1 aromatic rings. The molecule has 0 saturated heterocycles. The molecule has 1 fully saturated rings. The molecule has 3 N–H and O–H groups in total. The third-order valence-corrected chi connectivity index (χ3v) is 4.50. The Labute approximate surface area is 115 Å². The molecular formula is C16H25NO2. The van der Waals surface area contributed by atoms with Crippen LogP contribution in [0.25, 0.3) is 0 Å². The van der Waals surface area contributed by atoms with Gasteiger partial charge in [0.2, 0.25) is 0 Å². The van der Waals surface area contributed by atoms with Crippen molar-refractivity contribution >= 4 is 0 Å². The number of hydrogen-bond donors (Lipinski definition) is 2. The number of phenolic OH excluding ortho intramolecular Hbond substituents is 1. The molecule has 19 heavy (non-hydrogen) atoms. The summed E-state index contributed by atoms with van der Waals surface area (Å²) in [5.74, 6) is 1.22. The van der Waals surface area contributed by atoms with Gasteiger partial charge in [0.1, 0.15) is 0 Å². The van der Waals surface area contributed by atoms with Crippen LogP contribution in [0.15, 0.2) is 12.1 Å². The van der Waals surface area contributed by atoms with Gasteiger partial charge in [-0.1, -0.05) is 32.8 Å². The highest BCUT2D eigenvalue weighted by molar-refractivity contribution is 5.55. The molecule has 1 saturated carbocycles. The van der Waals surface area contributed by atoms with Crippen LogP contribution in [0.1, 0.15) is 56.6 Å². The quantitative estimate of drug-likeness (QED) is 0.876. The predicted octanol–water partition coefficient (Wildman–Crippen LogP) is 3.29. The molecule has 0 amide bonds. The molecule has 0 atom stereocenters. The molecular weight excluding hydrogens is 238 g/mol. The van der Waals surface area contributed by atoms with Gasteiger partial charge in [-0.15, -0.1) is 0 Å². The second kappa shape index (κ2) is 5.41. The molecule has 3 heteroatoms. The number of rotatable bonds is 4. The van der Waals surface area contributed by atoms with Crippen LogP contribution in [0.2, 0.25) is 0 Å². The van der Waals surface area contributed by atoms with Gasteiger partial charge in [0.05, 0.1) is 7.11 Å². The van der Waals surface area contributed by atoms with Crippen molar-refractivity contribution in [3.63, 3.8) is 0 Å². The second-order valence-corrected chi connectivity index (χ2v) is 5.93.